The summed E-state index contributed by atoms with van der Waals surface area (Å²) >= 11 is 5.80. The lowest BCUT2D eigenvalue weighted by atomic mass is 10.3. The van der Waals surface area contributed by atoms with Crippen molar-refractivity contribution in [1.82, 2.24) is 9.97 Å². The van der Waals surface area contributed by atoms with Gasteiger partial charge in [-0.15, -0.1) is 0 Å². The van der Waals surface area contributed by atoms with Gasteiger partial charge in [-0.05, 0) is 13.3 Å². The van der Waals surface area contributed by atoms with Gasteiger partial charge >= 0.3 is 0 Å². The van der Waals surface area contributed by atoms with Crippen LogP contribution in [-0.4, -0.2) is 32.2 Å². The first-order valence-electron chi connectivity index (χ1n) is 5.06. The lowest BCUT2D eigenvalue weighted by Gasteiger charge is -2.10. The molecule has 0 fully saturated rings. The lowest BCUT2D eigenvalue weighted by Crippen LogP contribution is -2.15. The Labute approximate surface area is 103 Å². The van der Waals surface area contributed by atoms with Crippen molar-refractivity contribution in [3.8, 4) is 0 Å². The third kappa shape index (κ3) is 4.45. The SMILES string of the molecule is Cc1nc(Cl)cc(NCCC(C)S(C)=O)n1. The Hall–Kier alpha value is -0.680. The van der Waals surface area contributed by atoms with Crippen LogP contribution in [0, 0.1) is 6.92 Å². The summed E-state index contributed by atoms with van der Waals surface area (Å²) in [4.78, 5) is 8.16. The van der Waals surface area contributed by atoms with Crippen LogP contribution < -0.4 is 5.32 Å². The molecule has 0 bridgehead atoms. The summed E-state index contributed by atoms with van der Waals surface area (Å²) in [5.41, 5.74) is 0. The minimum Gasteiger partial charge on any atom is -0.370 e. The highest BCUT2D eigenvalue weighted by Gasteiger charge is 2.06. The molecule has 90 valence electrons. The average Bonchev–Trinajstić information content (AvgIpc) is 2.15. The minimum absolute atomic E-state index is 0.186. The Balaban J connectivity index is 2.46. The third-order valence-corrected chi connectivity index (χ3v) is 3.79. The van der Waals surface area contributed by atoms with Crippen molar-refractivity contribution >= 4 is 28.2 Å². The Bertz CT molecular complexity index is 366. The van der Waals surface area contributed by atoms with E-state index >= 15 is 0 Å². The topological polar surface area (TPSA) is 54.9 Å². The van der Waals surface area contributed by atoms with Crippen molar-refractivity contribution in [2.45, 2.75) is 25.5 Å². The van der Waals surface area contributed by atoms with Gasteiger partial charge in [-0.3, -0.25) is 4.21 Å². The molecule has 0 radical (unpaired) electrons. The van der Waals surface area contributed by atoms with Gasteiger partial charge in [0, 0.05) is 34.9 Å². The maximum Gasteiger partial charge on any atom is 0.134 e. The predicted molar refractivity (Wildman–Crippen MR) is 68.4 cm³/mol. The van der Waals surface area contributed by atoms with Crippen LogP contribution >= 0.6 is 11.6 Å². The molecule has 0 aromatic carbocycles. The van der Waals surface area contributed by atoms with Crippen molar-refractivity contribution in [1.29, 1.82) is 0 Å². The largest absolute Gasteiger partial charge is 0.370 e. The van der Waals surface area contributed by atoms with Crippen LogP contribution in [0.2, 0.25) is 5.15 Å². The normalized spacial score (nSPS) is 14.5. The minimum atomic E-state index is -0.776. The second-order valence-corrected chi connectivity index (χ2v) is 5.84. The van der Waals surface area contributed by atoms with E-state index < -0.39 is 10.8 Å². The molecule has 0 amide bonds. The molecule has 0 spiro atoms. The molecule has 16 heavy (non-hydrogen) atoms. The maximum absolute atomic E-state index is 11.1. The van der Waals surface area contributed by atoms with Gasteiger partial charge in [-0.1, -0.05) is 18.5 Å². The highest BCUT2D eigenvalue weighted by molar-refractivity contribution is 7.84. The van der Waals surface area contributed by atoms with Crippen LogP contribution in [0.3, 0.4) is 0 Å². The number of hydrogen-bond acceptors (Lipinski definition) is 4. The molecule has 0 aliphatic rings. The highest BCUT2D eigenvalue weighted by Crippen LogP contribution is 2.11. The first kappa shape index (κ1) is 13.4. The van der Waals surface area contributed by atoms with Gasteiger partial charge in [0.1, 0.15) is 16.8 Å². The zero-order valence-corrected chi connectivity index (χ0v) is 11.2. The fraction of sp³-hybridized carbons (Fsp3) is 0.600. The summed E-state index contributed by atoms with van der Waals surface area (Å²) in [6.45, 7) is 4.49. The molecule has 0 saturated heterocycles. The predicted octanol–water partition coefficient (Wildman–Crippen LogP) is 2.01. The number of nitrogens with zero attached hydrogens (tertiary/aromatic N) is 2. The van der Waals surface area contributed by atoms with E-state index in [-0.39, 0.29) is 5.25 Å². The van der Waals surface area contributed by atoms with E-state index in [0.717, 1.165) is 13.0 Å². The molecule has 1 aromatic rings. The van der Waals surface area contributed by atoms with E-state index in [0.29, 0.717) is 16.8 Å². The molecule has 4 nitrogen and oxygen atoms in total. The maximum atomic E-state index is 11.1. The summed E-state index contributed by atoms with van der Waals surface area (Å²) < 4.78 is 11.1. The number of anilines is 1. The molecule has 0 saturated carbocycles. The van der Waals surface area contributed by atoms with Gasteiger partial charge in [-0.2, -0.15) is 0 Å². The van der Waals surface area contributed by atoms with E-state index in [2.05, 4.69) is 15.3 Å². The summed E-state index contributed by atoms with van der Waals surface area (Å²) in [5.74, 6) is 1.36. The molecule has 1 N–H and O–H groups in total. The van der Waals surface area contributed by atoms with Gasteiger partial charge in [-0.25, -0.2) is 9.97 Å². The molecule has 1 heterocycles. The fourth-order valence-corrected chi connectivity index (χ4v) is 1.87. The molecule has 1 rings (SSSR count). The number of nitrogens with one attached hydrogen (secondary N) is 1. The Morgan fingerprint density at radius 1 is 1.56 bits per heavy atom. The monoisotopic (exact) mass is 261 g/mol. The quantitative estimate of drug-likeness (QED) is 0.824. The van der Waals surface area contributed by atoms with Crippen molar-refractivity contribution in [2.24, 2.45) is 0 Å². The van der Waals surface area contributed by atoms with E-state index in [4.69, 9.17) is 11.6 Å². The van der Waals surface area contributed by atoms with Crippen LogP contribution in [0.15, 0.2) is 6.07 Å². The van der Waals surface area contributed by atoms with Crippen LogP contribution in [0.1, 0.15) is 19.2 Å². The van der Waals surface area contributed by atoms with Gasteiger partial charge in [0.2, 0.25) is 0 Å². The first-order chi connectivity index (χ1) is 7.49. The van der Waals surface area contributed by atoms with E-state index in [1.165, 1.54) is 0 Å². The van der Waals surface area contributed by atoms with Crippen LogP contribution in [-0.2, 0) is 10.8 Å². The molecule has 2 unspecified atom stereocenters. The van der Waals surface area contributed by atoms with E-state index in [1.54, 1.807) is 19.2 Å². The van der Waals surface area contributed by atoms with Crippen LogP contribution in [0.5, 0.6) is 0 Å². The average molecular weight is 262 g/mol. The molecule has 2 atom stereocenters. The van der Waals surface area contributed by atoms with Crippen LogP contribution in [0.25, 0.3) is 0 Å². The van der Waals surface area contributed by atoms with Gasteiger partial charge in [0.25, 0.3) is 0 Å². The molecule has 0 aliphatic heterocycles. The van der Waals surface area contributed by atoms with Gasteiger partial charge < -0.3 is 5.32 Å². The smallest absolute Gasteiger partial charge is 0.134 e. The first-order valence-corrected chi connectivity index (χ1v) is 7.06. The zero-order valence-electron chi connectivity index (χ0n) is 9.66. The van der Waals surface area contributed by atoms with Gasteiger partial charge in [0.05, 0.1) is 0 Å². The summed E-state index contributed by atoms with van der Waals surface area (Å²) in [6.07, 6.45) is 2.56. The molecular weight excluding hydrogens is 246 g/mol. The summed E-state index contributed by atoms with van der Waals surface area (Å²) in [7, 11) is -0.776. The van der Waals surface area contributed by atoms with Crippen molar-refractivity contribution < 1.29 is 4.21 Å². The Morgan fingerprint density at radius 2 is 2.25 bits per heavy atom. The van der Waals surface area contributed by atoms with E-state index in [1.807, 2.05) is 6.92 Å². The number of hydrogen-bond donors (Lipinski definition) is 1. The number of aromatic nitrogens is 2. The second-order valence-electron chi connectivity index (χ2n) is 3.65. The molecule has 6 heteroatoms. The second kappa shape index (κ2) is 6.15. The summed E-state index contributed by atoms with van der Waals surface area (Å²) in [6, 6.07) is 1.68. The standard InChI is InChI=1S/C10H16ClN3OS/c1-7(16(3)15)4-5-12-10-6-9(11)13-8(2)14-10/h6-7H,4-5H2,1-3H3,(H,12,13,14). The number of halogens is 1. The Morgan fingerprint density at radius 3 is 2.81 bits per heavy atom. The fourth-order valence-electron chi connectivity index (χ4n) is 1.19. The summed E-state index contributed by atoms with van der Waals surface area (Å²) in [5, 5.41) is 3.76. The highest BCUT2D eigenvalue weighted by atomic mass is 35.5. The lowest BCUT2D eigenvalue weighted by molar-refractivity contribution is 0.672. The zero-order chi connectivity index (χ0) is 12.1. The number of aryl methyl sites for hydroxylation is 1. The molecule has 1 aromatic heterocycles. The van der Waals surface area contributed by atoms with Crippen molar-refractivity contribution in [2.75, 3.05) is 18.1 Å². The third-order valence-electron chi connectivity index (χ3n) is 2.23. The molecular formula is C10H16ClN3OS. The molecule has 0 aliphatic carbocycles. The number of rotatable bonds is 5. The Kier molecular flexibility index (Phi) is 5.15. The van der Waals surface area contributed by atoms with Crippen LogP contribution in [0.4, 0.5) is 5.82 Å². The van der Waals surface area contributed by atoms with Crippen molar-refractivity contribution in [3.63, 3.8) is 0 Å². The van der Waals surface area contributed by atoms with Crippen molar-refractivity contribution in [3.05, 3.63) is 17.0 Å². The van der Waals surface area contributed by atoms with E-state index in [9.17, 15) is 4.21 Å². The van der Waals surface area contributed by atoms with Gasteiger partial charge in [0.15, 0.2) is 0 Å².